The Morgan fingerprint density at radius 1 is 0.889 bits per heavy atom. The molecule has 36 heavy (non-hydrogen) atoms. The second-order valence-corrected chi connectivity index (χ2v) is 10.1. The summed E-state index contributed by atoms with van der Waals surface area (Å²) in [5.41, 5.74) is 5.25. The highest BCUT2D eigenvalue weighted by Gasteiger charge is 2.31. The number of hydrogen-bond acceptors (Lipinski definition) is 3. The first kappa shape index (κ1) is 24.3. The molecule has 186 valence electrons. The van der Waals surface area contributed by atoms with Crippen LogP contribution in [0.4, 0.5) is 0 Å². The van der Waals surface area contributed by atoms with Gasteiger partial charge in [0.05, 0.1) is 17.1 Å². The minimum absolute atomic E-state index is 0.00479. The summed E-state index contributed by atoms with van der Waals surface area (Å²) in [6, 6.07) is 26.2. The van der Waals surface area contributed by atoms with Crippen molar-refractivity contribution >= 4 is 16.9 Å². The Labute approximate surface area is 214 Å². The highest BCUT2D eigenvalue weighted by molar-refractivity contribution is 5.94. The third-order valence-electron chi connectivity index (χ3n) is 7.24. The van der Waals surface area contributed by atoms with E-state index in [1.54, 1.807) is 0 Å². The summed E-state index contributed by atoms with van der Waals surface area (Å²) in [5.74, 6) is 0.867. The third kappa shape index (κ3) is 5.36. The lowest BCUT2D eigenvalue weighted by Gasteiger charge is -2.35. The van der Waals surface area contributed by atoms with Crippen molar-refractivity contribution in [2.24, 2.45) is 0 Å². The number of nitrogens with zero attached hydrogens (tertiary/aromatic N) is 3. The number of amides is 1. The molecule has 5 heteroatoms. The predicted molar refractivity (Wildman–Crippen MR) is 146 cm³/mol. The molecule has 5 rings (SSSR count). The Bertz CT molecular complexity index is 1260. The largest absolute Gasteiger partial charge is 0.340 e. The summed E-state index contributed by atoms with van der Waals surface area (Å²) in [6.07, 6.45) is 4.59. The number of imidazole rings is 1. The lowest BCUT2D eigenvalue weighted by molar-refractivity contribution is 0.0594. The van der Waals surface area contributed by atoms with Crippen molar-refractivity contribution in [1.82, 2.24) is 19.8 Å². The Morgan fingerprint density at radius 3 is 2.28 bits per heavy atom. The number of hydrogen-bond donors (Lipinski definition) is 1. The van der Waals surface area contributed by atoms with Gasteiger partial charge in [-0.3, -0.25) is 9.69 Å². The first-order valence-corrected chi connectivity index (χ1v) is 13.2. The van der Waals surface area contributed by atoms with E-state index in [4.69, 9.17) is 4.98 Å². The smallest absolute Gasteiger partial charge is 0.254 e. The number of rotatable bonds is 8. The van der Waals surface area contributed by atoms with Gasteiger partial charge < -0.3 is 9.88 Å². The number of aromatic nitrogens is 2. The molecule has 0 spiro atoms. The first-order chi connectivity index (χ1) is 17.6. The molecule has 4 aromatic rings. The second-order valence-electron chi connectivity index (χ2n) is 10.1. The fourth-order valence-electron chi connectivity index (χ4n) is 5.40. The zero-order valence-corrected chi connectivity index (χ0v) is 21.4. The summed E-state index contributed by atoms with van der Waals surface area (Å²) in [5, 5.41) is 0. The molecule has 3 aromatic carbocycles. The Balaban J connectivity index is 1.54. The molecular weight excluding hydrogens is 444 g/mol. The van der Waals surface area contributed by atoms with Crippen LogP contribution in [0, 0.1) is 0 Å². The number of para-hydroxylation sites is 2. The lowest BCUT2D eigenvalue weighted by atomic mass is 9.96. The van der Waals surface area contributed by atoms with Gasteiger partial charge in [0, 0.05) is 24.6 Å². The van der Waals surface area contributed by atoms with Gasteiger partial charge in [-0.15, -0.1) is 0 Å². The number of likely N-dealkylation sites (tertiary alicyclic amines) is 1. The van der Waals surface area contributed by atoms with Crippen molar-refractivity contribution in [3.8, 4) is 0 Å². The second kappa shape index (κ2) is 11.1. The van der Waals surface area contributed by atoms with E-state index in [1.807, 2.05) is 59.5 Å². The van der Waals surface area contributed by atoms with Crippen LogP contribution in [0.25, 0.3) is 11.0 Å². The number of fused-ring (bicyclic) bond motifs is 1. The van der Waals surface area contributed by atoms with E-state index in [0.717, 1.165) is 36.5 Å². The van der Waals surface area contributed by atoms with Crippen molar-refractivity contribution in [3.63, 3.8) is 0 Å². The van der Waals surface area contributed by atoms with Crippen molar-refractivity contribution in [3.05, 3.63) is 101 Å². The average molecular weight is 481 g/mol. The zero-order valence-electron chi connectivity index (χ0n) is 21.4. The fraction of sp³-hybridized carbons (Fsp3) is 0.355. The van der Waals surface area contributed by atoms with Crippen molar-refractivity contribution in [2.75, 3.05) is 13.1 Å². The molecule has 1 aliphatic heterocycles. The summed E-state index contributed by atoms with van der Waals surface area (Å²) in [6.45, 7) is 7.46. The van der Waals surface area contributed by atoms with Gasteiger partial charge in [0.1, 0.15) is 5.82 Å². The van der Waals surface area contributed by atoms with Crippen LogP contribution in [0.3, 0.4) is 0 Å². The summed E-state index contributed by atoms with van der Waals surface area (Å²) < 4.78 is 0. The number of nitrogens with one attached hydrogen (secondary N) is 1. The molecule has 1 aliphatic rings. The molecule has 1 atom stereocenters. The van der Waals surface area contributed by atoms with Gasteiger partial charge >= 0.3 is 0 Å². The van der Waals surface area contributed by atoms with E-state index < -0.39 is 0 Å². The van der Waals surface area contributed by atoms with Crippen LogP contribution in [0.15, 0.2) is 78.9 Å². The molecular formula is C31H36N4O. The molecule has 0 radical (unpaired) electrons. The number of carbonyl (C=O) groups is 1. The maximum atomic E-state index is 13.9. The van der Waals surface area contributed by atoms with Gasteiger partial charge in [-0.05, 0) is 75.2 Å². The van der Waals surface area contributed by atoms with Crippen LogP contribution < -0.4 is 0 Å². The summed E-state index contributed by atoms with van der Waals surface area (Å²) >= 11 is 0. The number of carbonyl (C=O) groups excluding carboxylic acids is 1. The Hall–Kier alpha value is -3.44. The van der Waals surface area contributed by atoms with Gasteiger partial charge in [0.15, 0.2) is 0 Å². The fourth-order valence-corrected chi connectivity index (χ4v) is 5.40. The van der Waals surface area contributed by atoms with E-state index in [1.165, 1.54) is 30.4 Å². The topological polar surface area (TPSA) is 52.2 Å². The van der Waals surface area contributed by atoms with Gasteiger partial charge in [0.2, 0.25) is 0 Å². The lowest BCUT2D eigenvalue weighted by Crippen LogP contribution is -2.41. The van der Waals surface area contributed by atoms with E-state index in [9.17, 15) is 4.79 Å². The van der Waals surface area contributed by atoms with Gasteiger partial charge in [-0.25, -0.2) is 4.98 Å². The molecule has 1 amide bonds. The highest BCUT2D eigenvalue weighted by Crippen LogP contribution is 2.30. The minimum Gasteiger partial charge on any atom is -0.340 e. The van der Waals surface area contributed by atoms with E-state index in [0.29, 0.717) is 12.0 Å². The highest BCUT2D eigenvalue weighted by atomic mass is 16.2. The molecule has 0 saturated carbocycles. The number of H-pyrrole nitrogens is 1. The molecule has 1 fully saturated rings. The molecule has 1 saturated heterocycles. The van der Waals surface area contributed by atoms with Crippen molar-refractivity contribution in [1.29, 1.82) is 0 Å². The Morgan fingerprint density at radius 2 is 1.56 bits per heavy atom. The summed E-state index contributed by atoms with van der Waals surface area (Å²) in [7, 11) is 0. The van der Waals surface area contributed by atoms with E-state index in [2.05, 4.69) is 48.0 Å². The normalized spacial score (nSPS) is 15.3. The van der Waals surface area contributed by atoms with Crippen LogP contribution in [0.1, 0.15) is 66.5 Å². The molecule has 5 nitrogen and oxygen atoms in total. The SMILES string of the molecule is CC(C)N(C(=O)c1ccccc1)C(Cc1ccccc1CN1CCCCC1)c1nc2ccccc2[nH]1. The van der Waals surface area contributed by atoms with Crippen molar-refractivity contribution < 1.29 is 4.79 Å². The molecule has 0 bridgehead atoms. The van der Waals surface area contributed by atoms with E-state index in [-0.39, 0.29) is 18.0 Å². The van der Waals surface area contributed by atoms with Crippen LogP contribution in [0.5, 0.6) is 0 Å². The van der Waals surface area contributed by atoms with Crippen LogP contribution >= 0.6 is 0 Å². The maximum Gasteiger partial charge on any atom is 0.254 e. The molecule has 2 heterocycles. The molecule has 1 N–H and O–H groups in total. The summed E-state index contributed by atoms with van der Waals surface area (Å²) in [4.78, 5) is 27.0. The Kier molecular flexibility index (Phi) is 7.47. The molecule has 0 aliphatic carbocycles. The van der Waals surface area contributed by atoms with Crippen molar-refractivity contribution in [2.45, 2.75) is 58.2 Å². The standard InChI is InChI=1S/C31H36N4O/c1-23(2)35(31(36)24-13-5-3-6-14-24)29(30-32-27-17-9-10-18-28(27)33-30)21-25-15-7-8-16-26(25)22-34-19-11-4-12-20-34/h3,5-10,13-18,23,29H,4,11-12,19-22H2,1-2H3,(H,32,33). The average Bonchev–Trinajstić information content (AvgIpc) is 3.34. The predicted octanol–water partition coefficient (Wildman–Crippen LogP) is 6.38. The first-order valence-electron chi connectivity index (χ1n) is 13.2. The third-order valence-corrected chi connectivity index (χ3v) is 7.24. The quantitative estimate of drug-likeness (QED) is 0.318. The van der Waals surface area contributed by atoms with Gasteiger partial charge in [0.25, 0.3) is 5.91 Å². The van der Waals surface area contributed by atoms with Gasteiger partial charge in [-0.1, -0.05) is 61.0 Å². The maximum absolute atomic E-state index is 13.9. The van der Waals surface area contributed by atoms with Crippen LogP contribution in [-0.4, -0.2) is 44.8 Å². The number of piperidine rings is 1. The monoisotopic (exact) mass is 480 g/mol. The number of benzene rings is 3. The number of aromatic amines is 1. The molecule has 1 unspecified atom stereocenters. The van der Waals surface area contributed by atoms with Gasteiger partial charge in [-0.2, -0.15) is 0 Å². The van der Waals surface area contributed by atoms with Crippen LogP contribution in [0.2, 0.25) is 0 Å². The minimum atomic E-state index is -0.215. The zero-order chi connectivity index (χ0) is 24.9. The molecule has 1 aromatic heterocycles. The van der Waals surface area contributed by atoms with E-state index >= 15 is 0 Å². The van der Waals surface area contributed by atoms with Crippen LogP contribution in [-0.2, 0) is 13.0 Å².